The fraction of sp³-hybridized carbons (Fsp3) is 0.533. The SMILES string of the molecule is Cc1ccc(F)c(C(=O)CCC2CCCNC2)c1F. The van der Waals surface area contributed by atoms with Crippen molar-refractivity contribution in [3.05, 3.63) is 34.9 Å². The maximum Gasteiger partial charge on any atom is 0.168 e. The van der Waals surface area contributed by atoms with Gasteiger partial charge in [0.15, 0.2) is 5.78 Å². The lowest BCUT2D eigenvalue weighted by atomic mass is 9.92. The van der Waals surface area contributed by atoms with Gasteiger partial charge in [-0.2, -0.15) is 0 Å². The van der Waals surface area contributed by atoms with E-state index in [0.717, 1.165) is 32.0 Å². The van der Waals surface area contributed by atoms with Crippen LogP contribution in [0, 0.1) is 24.5 Å². The number of ketones is 1. The number of carbonyl (C=O) groups excluding carboxylic acids is 1. The largest absolute Gasteiger partial charge is 0.316 e. The van der Waals surface area contributed by atoms with Crippen molar-refractivity contribution in [2.45, 2.75) is 32.6 Å². The van der Waals surface area contributed by atoms with E-state index < -0.39 is 17.4 Å². The van der Waals surface area contributed by atoms with E-state index >= 15 is 0 Å². The van der Waals surface area contributed by atoms with E-state index in [9.17, 15) is 13.6 Å². The molecular weight excluding hydrogens is 248 g/mol. The first-order valence-corrected chi connectivity index (χ1v) is 6.78. The van der Waals surface area contributed by atoms with Gasteiger partial charge in [0.25, 0.3) is 0 Å². The molecule has 4 heteroatoms. The van der Waals surface area contributed by atoms with Crippen molar-refractivity contribution in [3.8, 4) is 0 Å². The number of hydrogen-bond donors (Lipinski definition) is 1. The molecule has 1 aromatic carbocycles. The summed E-state index contributed by atoms with van der Waals surface area (Å²) in [6, 6.07) is 2.51. The molecule has 1 unspecified atom stereocenters. The molecule has 0 saturated carbocycles. The Hall–Kier alpha value is -1.29. The quantitative estimate of drug-likeness (QED) is 0.849. The molecule has 0 bridgehead atoms. The summed E-state index contributed by atoms with van der Waals surface area (Å²) in [6.45, 7) is 3.45. The normalized spacial score (nSPS) is 19.4. The monoisotopic (exact) mass is 267 g/mol. The average molecular weight is 267 g/mol. The van der Waals surface area contributed by atoms with Crippen LogP contribution < -0.4 is 5.32 Å². The predicted octanol–water partition coefficient (Wildman–Crippen LogP) is 3.24. The van der Waals surface area contributed by atoms with E-state index in [1.807, 2.05) is 0 Å². The first-order valence-electron chi connectivity index (χ1n) is 6.78. The van der Waals surface area contributed by atoms with Gasteiger partial charge in [-0.1, -0.05) is 6.07 Å². The maximum atomic E-state index is 13.8. The van der Waals surface area contributed by atoms with Crippen LogP contribution in [0.5, 0.6) is 0 Å². The molecule has 1 N–H and O–H groups in total. The van der Waals surface area contributed by atoms with Crippen molar-refractivity contribution >= 4 is 5.78 Å². The minimum Gasteiger partial charge on any atom is -0.316 e. The fourth-order valence-corrected chi connectivity index (χ4v) is 2.54. The molecule has 1 aromatic rings. The second kappa shape index (κ2) is 6.24. The summed E-state index contributed by atoms with van der Waals surface area (Å²) in [5, 5.41) is 3.27. The van der Waals surface area contributed by atoms with Crippen molar-refractivity contribution in [3.63, 3.8) is 0 Å². The lowest BCUT2D eigenvalue weighted by Crippen LogP contribution is -2.30. The van der Waals surface area contributed by atoms with Crippen molar-refractivity contribution in [1.82, 2.24) is 5.32 Å². The van der Waals surface area contributed by atoms with Gasteiger partial charge in [-0.15, -0.1) is 0 Å². The minimum absolute atomic E-state index is 0.212. The highest BCUT2D eigenvalue weighted by atomic mass is 19.1. The number of aryl methyl sites for hydroxylation is 1. The van der Waals surface area contributed by atoms with Gasteiger partial charge in [-0.3, -0.25) is 4.79 Å². The molecule has 2 nitrogen and oxygen atoms in total. The Morgan fingerprint density at radius 1 is 1.42 bits per heavy atom. The molecule has 1 atom stereocenters. The molecule has 0 spiro atoms. The van der Waals surface area contributed by atoms with Crippen LogP contribution in [0.25, 0.3) is 0 Å². The third-order valence-corrected chi connectivity index (χ3v) is 3.74. The van der Waals surface area contributed by atoms with Crippen molar-refractivity contribution in [2.75, 3.05) is 13.1 Å². The summed E-state index contributed by atoms with van der Waals surface area (Å²) in [6.07, 6.45) is 3.09. The number of Topliss-reactive ketones (excluding diaryl/α,β-unsaturated/α-hetero) is 1. The second-order valence-electron chi connectivity index (χ2n) is 5.23. The highest BCUT2D eigenvalue weighted by Crippen LogP contribution is 2.21. The summed E-state index contributed by atoms with van der Waals surface area (Å²) in [5.74, 6) is -1.46. The van der Waals surface area contributed by atoms with Gasteiger partial charge in [0.1, 0.15) is 11.6 Å². The number of hydrogen-bond acceptors (Lipinski definition) is 2. The van der Waals surface area contributed by atoms with Crippen molar-refractivity contribution < 1.29 is 13.6 Å². The summed E-state index contributed by atoms with van der Waals surface area (Å²) in [7, 11) is 0. The number of carbonyl (C=O) groups is 1. The molecule has 0 aliphatic carbocycles. The van der Waals surface area contributed by atoms with Crippen LogP contribution in [0.1, 0.15) is 41.6 Å². The molecule has 0 radical (unpaired) electrons. The highest BCUT2D eigenvalue weighted by Gasteiger charge is 2.21. The van der Waals surface area contributed by atoms with E-state index in [0.29, 0.717) is 17.9 Å². The molecule has 2 rings (SSSR count). The molecular formula is C15H19F2NO. The van der Waals surface area contributed by atoms with E-state index in [4.69, 9.17) is 0 Å². The first kappa shape index (κ1) is 14.1. The average Bonchev–Trinajstić information content (AvgIpc) is 2.42. The zero-order valence-electron chi connectivity index (χ0n) is 11.1. The topological polar surface area (TPSA) is 29.1 Å². The highest BCUT2D eigenvalue weighted by molar-refractivity contribution is 5.96. The Morgan fingerprint density at radius 3 is 2.89 bits per heavy atom. The van der Waals surface area contributed by atoms with Crippen LogP contribution in [-0.2, 0) is 0 Å². The van der Waals surface area contributed by atoms with E-state index in [1.54, 1.807) is 0 Å². The third kappa shape index (κ3) is 3.38. The number of halogens is 2. The molecule has 1 heterocycles. The second-order valence-corrected chi connectivity index (χ2v) is 5.23. The molecule has 1 fully saturated rings. The Labute approximate surface area is 112 Å². The summed E-state index contributed by atoms with van der Waals surface area (Å²) in [4.78, 5) is 12.0. The number of nitrogens with one attached hydrogen (secondary N) is 1. The van der Waals surface area contributed by atoms with Crippen LogP contribution in [0.2, 0.25) is 0 Å². The van der Waals surface area contributed by atoms with Crippen LogP contribution in [0.15, 0.2) is 12.1 Å². The van der Waals surface area contributed by atoms with Crippen LogP contribution in [0.4, 0.5) is 8.78 Å². The van der Waals surface area contributed by atoms with Crippen LogP contribution >= 0.6 is 0 Å². The smallest absolute Gasteiger partial charge is 0.168 e. The van der Waals surface area contributed by atoms with Gasteiger partial charge in [0, 0.05) is 6.42 Å². The van der Waals surface area contributed by atoms with Gasteiger partial charge in [0.2, 0.25) is 0 Å². The lowest BCUT2D eigenvalue weighted by Gasteiger charge is -2.22. The van der Waals surface area contributed by atoms with Crippen molar-refractivity contribution in [2.24, 2.45) is 5.92 Å². The Morgan fingerprint density at radius 2 is 2.21 bits per heavy atom. The summed E-state index contributed by atoms with van der Waals surface area (Å²) in [5.41, 5.74) is -0.0622. The van der Waals surface area contributed by atoms with Gasteiger partial charge in [-0.25, -0.2) is 8.78 Å². The molecule has 1 aliphatic heterocycles. The molecule has 104 valence electrons. The maximum absolute atomic E-state index is 13.8. The lowest BCUT2D eigenvalue weighted by molar-refractivity contribution is 0.0963. The number of piperidine rings is 1. The Bertz CT molecular complexity index is 467. The van der Waals surface area contributed by atoms with Crippen LogP contribution in [-0.4, -0.2) is 18.9 Å². The van der Waals surface area contributed by atoms with Crippen molar-refractivity contribution in [1.29, 1.82) is 0 Å². The van der Waals surface area contributed by atoms with E-state index in [2.05, 4.69) is 5.32 Å². The predicted molar refractivity (Wildman–Crippen MR) is 70.3 cm³/mol. The Kier molecular flexibility index (Phi) is 4.64. The molecule has 19 heavy (non-hydrogen) atoms. The molecule has 1 saturated heterocycles. The first-order chi connectivity index (χ1) is 9.09. The zero-order chi connectivity index (χ0) is 13.8. The number of benzene rings is 1. The molecule has 0 amide bonds. The van der Waals surface area contributed by atoms with E-state index in [-0.39, 0.29) is 12.0 Å². The summed E-state index contributed by atoms with van der Waals surface area (Å²) >= 11 is 0. The molecule has 0 aromatic heterocycles. The van der Waals surface area contributed by atoms with E-state index in [1.165, 1.54) is 13.0 Å². The van der Waals surface area contributed by atoms with Gasteiger partial charge in [-0.05, 0) is 56.8 Å². The Balaban J connectivity index is 2.01. The van der Waals surface area contributed by atoms with Gasteiger partial charge >= 0.3 is 0 Å². The zero-order valence-corrected chi connectivity index (χ0v) is 11.1. The number of rotatable bonds is 4. The van der Waals surface area contributed by atoms with Gasteiger partial charge in [0.05, 0.1) is 5.56 Å². The summed E-state index contributed by atoms with van der Waals surface area (Å²) < 4.78 is 27.4. The molecule has 1 aliphatic rings. The minimum atomic E-state index is -0.755. The van der Waals surface area contributed by atoms with Crippen LogP contribution in [0.3, 0.4) is 0 Å². The third-order valence-electron chi connectivity index (χ3n) is 3.74. The standard InChI is InChI=1S/C15H19F2NO/c1-10-4-6-12(16)14(15(10)17)13(19)7-5-11-3-2-8-18-9-11/h4,6,11,18H,2-3,5,7-9H2,1H3. The fourth-order valence-electron chi connectivity index (χ4n) is 2.54. The van der Waals surface area contributed by atoms with Gasteiger partial charge < -0.3 is 5.32 Å².